The molecule has 11 heteroatoms. The number of benzene rings is 1. The van der Waals surface area contributed by atoms with Crippen LogP contribution in [-0.2, 0) is 19.1 Å². The molecule has 1 unspecified atom stereocenters. The summed E-state index contributed by atoms with van der Waals surface area (Å²) in [4.78, 5) is 60.8. The summed E-state index contributed by atoms with van der Waals surface area (Å²) in [5.41, 5.74) is -0.644. The summed E-state index contributed by atoms with van der Waals surface area (Å²) >= 11 is 1.29. The lowest BCUT2D eigenvalue weighted by Gasteiger charge is -2.46. The van der Waals surface area contributed by atoms with Crippen molar-refractivity contribution in [3.63, 3.8) is 0 Å². The van der Waals surface area contributed by atoms with Crippen LogP contribution in [0.2, 0.25) is 0 Å². The Bertz CT molecular complexity index is 1280. The molecule has 2 aliphatic rings. The van der Waals surface area contributed by atoms with E-state index in [0.29, 0.717) is 16.7 Å². The van der Waals surface area contributed by atoms with Gasteiger partial charge in [0.25, 0.3) is 5.91 Å². The van der Waals surface area contributed by atoms with Crippen LogP contribution < -0.4 is 15.7 Å². The van der Waals surface area contributed by atoms with Gasteiger partial charge in [0.05, 0.1) is 18.6 Å². The number of aliphatic carboxylic acids is 1. The zero-order chi connectivity index (χ0) is 23.9. The molecule has 172 valence electrons. The van der Waals surface area contributed by atoms with Gasteiger partial charge in [-0.15, -0.1) is 0 Å². The number of rotatable bonds is 6. The number of hydrogen-bond donors (Lipinski definition) is 2. The van der Waals surface area contributed by atoms with Crippen molar-refractivity contribution in [1.82, 2.24) is 5.32 Å². The number of Topliss-reactive ketones (excluding diaryl/α,β-unsaturated/α-hetero) is 1. The minimum Gasteiger partial charge on any atom is -0.497 e. The zero-order valence-electron chi connectivity index (χ0n) is 17.6. The highest BCUT2D eigenvalue weighted by molar-refractivity contribution is 8.00. The SMILES string of the molecule is COc1ccc2cc(C(=O)N[C@@H]3C(=O)C4C(C(=O)O)=C(COC(C)=O)CS[C@@H]43)c(=O)oc2c1. The van der Waals surface area contributed by atoms with E-state index < -0.39 is 46.5 Å². The van der Waals surface area contributed by atoms with Crippen molar-refractivity contribution < 1.29 is 38.2 Å². The average Bonchev–Trinajstić information content (AvgIpc) is 2.79. The number of nitrogens with one attached hydrogen (secondary N) is 1. The lowest BCUT2D eigenvalue weighted by molar-refractivity contribution is -0.141. The standard InChI is InChI=1S/C22H19NO9S/c1-9(24)31-7-11-8-33-19-16(15(11)21(27)28)18(25)17(19)23-20(26)13-5-10-3-4-12(30-2)6-14(10)32-22(13)29/h3-6,16-17,19H,7-8H2,1-2H3,(H,23,26)(H,27,28)/t16?,17-,19+/m1/s1. The first-order valence-corrected chi connectivity index (χ1v) is 10.9. The summed E-state index contributed by atoms with van der Waals surface area (Å²) in [5, 5.41) is 12.2. The third kappa shape index (κ3) is 4.11. The molecule has 4 rings (SSSR count). The van der Waals surface area contributed by atoms with Crippen molar-refractivity contribution in [3.8, 4) is 5.75 Å². The highest BCUT2D eigenvalue weighted by atomic mass is 32.2. The van der Waals surface area contributed by atoms with E-state index in [1.165, 1.54) is 37.9 Å². The molecule has 0 spiro atoms. The topological polar surface area (TPSA) is 149 Å². The second kappa shape index (κ2) is 8.74. The first-order valence-electron chi connectivity index (χ1n) is 9.88. The first-order chi connectivity index (χ1) is 15.7. The Hall–Kier alpha value is -3.60. The lowest BCUT2D eigenvalue weighted by atomic mass is 9.71. The molecule has 1 aliphatic carbocycles. The molecular weight excluding hydrogens is 454 g/mol. The number of ether oxygens (including phenoxy) is 2. The fourth-order valence-corrected chi connectivity index (χ4v) is 5.42. The van der Waals surface area contributed by atoms with Crippen LogP contribution in [0.15, 0.2) is 44.6 Å². The number of methoxy groups -OCH3 is 1. The van der Waals surface area contributed by atoms with Crippen molar-refractivity contribution in [3.05, 3.63) is 51.4 Å². The van der Waals surface area contributed by atoms with Gasteiger partial charge in [0.2, 0.25) is 0 Å². The second-order valence-corrected chi connectivity index (χ2v) is 8.73. The van der Waals surface area contributed by atoms with E-state index in [9.17, 15) is 29.1 Å². The fraction of sp³-hybridized carbons (Fsp3) is 0.318. The summed E-state index contributed by atoms with van der Waals surface area (Å²) in [6.45, 7) is 1.00. The molecule has 1 saturated carbocycles. The van der Waals surface area contributed by atoms with Gasteiger partial charge < -0.3 is 24.3 Å². The van der Waals surface area contributed by atoms with Crippen LogP contribution in [0.25, 0.3) is 11.0 Å². The number of carbonyl (C=O) groups excluding carboxylic acids is 3. The summed E-state index contributed by atoms with van der Waals surface area (Å²) in [5.74, 6) is -3.31. The van der Waals surface area contributed by atoms with E-state index in [1.807, 2.05) is 0 Å². The van der Waals surface area contributed by atoms with E-state index in [2.05, 4.69) is 5.32 Å². The van der Waals surface area contributed by atoms with Gasteiger partial charge in [0.15, 0.2) is 5.78 Å². The van der Waals surface area contributed by atoms with Crippen molar-refractivity contribution in [2.75, 3.05) is 19.5 Å². The maximum atomic E-state index is 12.8. The molecule has 1 amide bonds. The molecule has 2 heterocycles. The summed E-state index contributed by atoms with van der Waals surface area (Å²) < 4.78 is 15.2. The molecule has 1 aliphatic heterocycles. The van der Waals surface area contributed by atoms with Crippen LogP contribution in [0.3, 0.4) is 0 Å². The number of amides is 1. The molecule has 1 aromatic carbocycles. The third-order valence-corrected chi connectivity index (χ3v) is 7.01. The minimum absolute atomic E-state index is 0.102. The second-order valence-electron chi connectivity index (χ2n) is 7.56. The molecule has 33 heavy (non-hydrogen) atoms. The monoisotopic (exact) mass is 473 g/mol. The van der Waals surface area contributed by atoms with Gasteiger partial charge in [-0.2, -0.15) is 11.8 Å². The van der Waals surface area contributed by atoms with E-state index in [0.717, 1.165) is 0 Å². The molecule has 1 fully saturated rings. The highest BCUT2D eigenvalue weighted by Crippen LogP contribution is 2.45. The van der Waals surface area contributed by atoms with Crippen LogP contribution in [0, 0.1) is 5.92 Å². The van der Waals surface area contributed by atoms with Crippen LogP contribution in [0.1, 0.15) is 17.3 Å². The average molecular weight is 473 g/mol. The molecule has 0 bridgehead atoms. The number of carboxylic acids is 1. The molecule has 1 aromatic heterocycles. The van der Waals surface area contributed by atoms with Crippen LogP contribution >= 0.6 is 11.8 Å². The van der Waals surface area contributed by atoms with E-state index >= 15 is 0 Å². The van der Waals surface area contributed by atoms with Gasteiger partial charge in [-0.3, -0.25) is 14.4 Å². The maximum absolute atomic E-state index is 12.8. The number of hydrogen-bond acceptors (Lipinski definition) is 9. The molecule has 2 N–H and O–H groups in total. The number of thioether (sulfide) groups is 1. The van der Waals surface area contributed by atoms with Gasteiger partial charge in [-0.05, 0) is 23.8 Å². The number of carbonyl (C=O) groups is 4. The summed E-state index contributed by atoms with van der Waals surface area (Å²) in [6, 6.07) is 5.21. The van der Waals surface area contributed by atoms with Crippen LogP contribution in [0.5, 0.6) is 5.75 Å². The van der Waals surface area contributed by atoms with Crippen molar-refractivity contribution in [2.45, 2.75) is 18.2 Å². The van der Waals surface area contributed by atoms with Gasteiger partial charge >= 0.3 is 17.6 Å². The van der Waals surface area contributed by atoms with Crippen molar-refractivity contribution >= 4 is 46.4 Å². The van der Waals surface area contributed by atoms with Gasteiger partial charge in [-0.25, -0.2) is 9.59 Å². The number of ketones is 1. The molecule has 10 nitrogen and oxygen atoms in total. The fourth-order valence-electron chi connectivity index (χ4n) is 3.93. The van der Waals surface area contributed by atoms with Gasteiger partial charge in [-0.1, -0.05) is 0 Å². The third-order valence-electron chi connectivity index (χ3n) is 5.57. The molecule has 0 saturated heterocycles. The van der Waals surface area contributed by atoms with Gasteiger partial charge in [0.1, 0.15) is 29.5 Å². The van der Waals surface area contributed by atoms with Crippen molar-refractivity contribution in [2.24, 2.45) is 5.92 Å². The Morgan fingerprint density at radius 2 is 2.00 bits per heavy atom. The molecule has 0 radical (unpaired) electrons. The number of esters is 1. The Balaban J connectivity index is 1.55. The summed E-state index contributed by atoms with van der Waals surface area (Å²) in [6.07, 6.45) is 0. The smallest absolute Gasteiger partial charge is 0.349 e. The predicted molar refractivity (Wildman–Crippen MR) is 116 cm³/mol. The maximum Gasteiger partial charge on any atom is 0.349 e. The largest absolute Gasteiger partial charge is 0.497 e. The van der Waals surface area contributed by atoms with E-state index in [1.54, 1.807) is 12.1 Å². The Labute approximate surface area is 190 Å². The van der Waals surface area contributed by atoms with Crippen molar-refractivity contribution in [1.29, 1.82) is 0 Å². The van der Waals surface area contributed by atoms with E-state index in [4.69, 9.17) is 13.9 Å². The van der Waals surface area contributed by atoms with Crippen LogP contribution in [0.4, 0.5) is 0 Å². The van der Waals surface area contributed by atoms with Crippen LogP contribution in [-0.4, -0.2) is 59.5 Å². The molecule has 2 aromatic rings. The molecule has 3 atom stereocenters. The Morgan fingerprint density at radius 1 is 1.24 bits per heavy atom. The predicted octanol–water partition coefficient (Wildman–Crippen LogP) is 1.16. The normalized spacial score (nSPS) is 21.8. The summed E-state index contributed by atoms with van der Waals surface area (Å²) in [7, 11) is 1.47. The zero-order valence-corrected chi connectivity index (χ0v) is 18.4. The highest BCUT2D eigenvalue weighted by Gasteiger charge is 2.56. The first kappa shape index (κ1) is 22.6. The van der Waals surface area contributed by atoms with E-state index in [-0.39, 0.29) is 29.1 Å². The molecular formula is C22H19NO9S. The number of fused-ring (bicyclic) bond motifs is 2. The number of carboxylic acid groups (broad SMARTS) is 1. The Morgan fingerprint density at radius 3 is 2.67 bits per heavy atom. The quantitative estimate of drug-likeness (QED) is 0.462. The Kier molecular flexibility index (Phi) is 5.98. The minimum atomic E-state index is -1.27. The lowest BCUT2D eigenvalue weighted by Crippen LogP contribution is -2.65. The van der Waals surface area contributed by atoms with Gasteiger partial charge in [0, 0.05) is 29.4 Å².